The van der Waals surface area contributed by atoms with Gasteiger partial charge in [-0.05, 0) is 71.8 Å². The average molecular weight is 534 g/mol. The quantitative estimate of drug-likeness (QED) is 0.348. The summed E-state index contributed by atoms with van der Waals surface area (Å²) < 4.78 is 42.0. The molecule has 1 spiro atoms. The number of aryl methyl sites for hydroxylation is 1. The summed E-state index contributed by atoms with van der Waals surface area (Å²) in [6, 6.07) is 11.0. The molecule has 0 bridgehead atoms. The predicted molar refractivity (Wildman–Crippen MR) is 143 cm³/mol. The molecular weight excluding hydrogens is 500 g/mol. The number of pyridine rings is 1. The van der Waals surface area contributed by atoms with E-state index in [1.807, 2.05) is 18.2 Å². The zero-order valence-electron chi connectivity index (χ0n) is 22.5. The van der Waals surface area contributed by atoms with E-state index in [0.29, 0.717) is 36.3 Å². The number of halogens is 2. The van der Waals surface area contributed by atoms with Crippen LogP contribution in [0, 0.1) is 23.0 Å². The van der Waals surface area contributed by atoms with E-state index in [1.165, 1.54) is 13.3 Å². The molecule has 5 nitrogen and oxygen atoms in total. The molecule has 39 heavy (non-hydrogen) atoms. The van der Waals surface area contributed by atoms with E-state index in [1.54, 1.807) is 12.1 Å². The van der Waals surface area contributed by atoms with Gasteiger partial charge in [-0.15, -0.1) is 0 Å². The third kappa shape index (κ3) is 4.26. The molecule has 0 amide bonds. The summed E-state index contributed by atoms with van der Waals surface area (Å²) in [5, 5.41) is 9.53. The second-order valence-corrected chi connectivity index (χ2v) is 12.0. The normalized spacial score (nSPS) is 24.5. The van der Waals surface area contributed by atoms with Gasteiger partial charge in [-0.25, -0.2) is 13.8 Å². The number of fused-ring (bicyclic) bond motifs is 2. The zero-order chi connectivity index (χ0) is 27.5. The molecule has 2 aromatic carbocycles. The maximum atomic E-state index is 15.7. The lowest BCUT2D eigenvalue weighted by molar-refractivity contribution is -0.139. The zero-order valence-corrected chi connectivity index (χ0v) is 22.5. The first-order valence-corrected chi connectivity index (χ1v) is 13.6. The predicted octanol–water partition coefficient (Wildman–Crippen LogP) is 7.20. The van der Waals surface area contributed by atoms with Crippen LogP contribution >= 0.6 is 0 Å². The van der Waals surface area contributed by atoms with Gasteiger partial charge in [0.15, 0.2) is 11.6 Å². The van der Waals surface area contributed by atoms with E-state index in [9.17, 15) is 14.3 Å². The monoisotopic (exact) mass is 533 g/mol. The smallest absolute Gasteiger partial charge is 0.307 e. The SMILES string of the molecule is COc1cc(-c2ccc(COc3ccc4c(c3F)[C@@]3(CC4)C[C@@H]3C(=O)O)cc2[C@@H]2CCCC2(C)C)c(F)cn1. The molecule has 1 N–H and O–H groups in total. The second-order valence-electron chi connectivity index (χ2n) is 12.0. The Kier molecular flexibility index (Phi) is 6.16. The van der Waals surface area contributed by atoms with Crippen LogP contribution in [-0.2, 0) is 23.2 Å². The third-order valence-electron chi connectivity index (χ3n) is 9.38. The highest BCUT2D eigenvalue weighted by Gasteiger charge is 2.63. The first kappa shape index (κ1) is 25.8. The van der Waals surface area contributed by atoms with Crippen LogP contribution in [0.1, 0.15) is 74.1 Å². The van der Waals surface area contributed by atoms with Gasteiger partial charge in [0.2, 0.25) is 5.88 Å². The van der Waals surface area contributed by atoms with Gasteiger partial charge in [-0.1, -0.05) is 44.5 Å². The van der Waals surface area contributed by atoms with Crippen LogP contribution in [0.25, 0.3) is 11.1 Å². The Morgan fingerprint density at radius 3 is 2.64 bits per heavy atom. The summed E-state index contributed by atoms with van der Waals surface area (Å²) in [6.07, 6.45) is 6.20. The van der Waals surface area contributed by atoms with Crippen molar-refractivity contribution >= 4 is 5.97 Å². The number of hydrogen-bond acceptors (Lipinski definition) is 4. The van der Waals surface area contributed by atoms with Crippen molar-refractivity contribution in [1.29, 1.82) is 0 Å². The minimum atomic E-state index is -0.862. The number of carboxylic acid groups (broad SMARTS) is 1. The maximum absolute atomic E-state index is 15.7. The Morgan fingerprint density at radius 2 is 1.95 bits per heavy atom. The number of rotatable bonds is 7. The first-order chi connectivity index (χ1) is 18.6. The summed E-state index contributed by atoms with van der Waals surface area (Å²) in [5.41, 5.74) is 4.02. The number of nitrogens with zero attached hydrogens (tertiary/aromatic N) is 1. The highest BCUT2D eigenvalue weighted by molar-refractivity contribution is 5.78. The summed E-state index contributed by atoms with van der Waals surface area (Å²) in [7, 11) is 1.51. The van der Waals surface area contributed by atoms with Gasteiger partial charge in [-0.3, -0.25) is 4.79 Å². The number of methoxy groups -OCH3 is 1. The number of aromatic nitrogens is 1. The van der Waals surface area contributed by atoms with E-state index in [0.717, 1.165) is 41.5 Å². The van der Waals surface area contributed by atoms with E-state index >= 15 is 4.39 Å². The minimum Gasteiger partial charge on any atom is -0.486 e. The lowest BCUT2D eigenvalue weighted by Gasteiger charge is -2.30. The van der Waals surface area contributed by atoms with Crippen molar-refractivity contribution in [2.45, 2.75) is 70.3 Å². The van der Waals surface area contributed by atoms with Gasteiger partial charge in [0.05, 0.1) is 19.2 Å². The van der Waals surface area contributed by atoms with E-state index in [4.69, 9.17) is 9.47 Å². The Balaban J connectivity index is 1.33. The Morgan fingerprint density at radius 1 is 1.13 bits per heavy atom. The van der Waals surface area contributed by atoms with Gasteiger partial charge < -0.3 is 14.6 Å². The number of benzene rings is 2. The van der Waals surface area contributed by atoms with Crippen LogP contribution in [0.5, 0.6) is 11.6 Å². The molecule has 3 aliphatic rings. The Bertz CT molecular complexity index is 1470. The largest absolute Gasteiger partial charge is 0.486 e. The lowest BCUT2D eigenvalue weighted by Crippen LogP contribution is -2.17. The summed E-state index contributed by atoms with van der Waals surface area (Å²) in [4.78, 5) is 15.6. The van der Waals surface area contributed by atoms with E-state index in [-0.39, 0.29) is 23.7 Å². The molecule has 0 unspecified atom stereocenters. The van der Waals surface area contributed by atoms with Gasteiger partial charge in [-0.2, -0.15) is 0 Å². The Labute approximate surface area is 227 Å². The van der Waals surface area contributed by atoms with Gasteiger partial charge in [0.25, 0.3) is 0 Å². The molecule has 2 fully saturated rings. The average Bonchev–Trinajstić information content (AvgIpc) is 3.36. The van der Waals surface area contributed by atoms with Crippen LogP contribution in [-0.4, -0.2) is 23.2 Å². The van der Waals surface area contributed by atoms with Crippen LogP contribution in [0.2, 0.25) is 0 Å². The van der Waals surface area contributed by atoms with Crippen molar-refractivity contribution in [3.05, 3.63) is 76.5 Å². The van der Waals surface area contributed by atoms with E-state index in [2.05, 4.69) is 24.9 Å². The number of hydrogen-bond donors (Lipinski definition) is 1. The Hall–Kier alpha value is -3.48. The number of ether oxygens (including phenoxy) is 2. The standard InChI is InChI=1S/C32H33F2NO4/c1-31(2)11-4-5-23(31)21-13-18(6-8-20(21)22-14-27(38-3)35-16-25(22)33)17-39-26-9-7-19-10-12-32(28(19)29(26)34)15-24(32)30(36)37/h6-9,13-14,16,23-24H,4-5,10-12,15,17H2,1-3H3,(H,36,37)/t23-,24+,32-/m0/s1. The third-order valence-corrected chi connectivity index (χ3v) is 9.38. The highest BCUT2D eigenvalue weighted by Crippen LogP contribution is 2.62. The molecule has 0 aliphatic heterocycles. The van der Waals surface area contributed by atoms with Crippen LogP contribution in [0.15, 0.2) is 42.6 Å². The molecule has 6 rings (SSSR count). The molecular formula is C32H33F2NO4. The first-order valence-electron chi connectivity index (χ1n) is 13.6. The van der Waals surface area contributed by atoms with Crippen LogP contribution < -0.4 is 9.47 Å². The van der Waals surface area contributed by atoms with Gasteiger partial charge in [0, 0.05) is 22.6 Å². The molecule has 0 radical (unpaired) electrons. The molecule has 3 aromatic rings. The molecule has 3 aliphatic carbocycles. The van der Waals surface area contributed by atoms with Crippen molar-refractivity contribution in [3.8, 4) is 22.8 Å². The minimum absolute atomic E-state index is 0.0488. The summed E-state index contributed by atoms with van der Waals surface area (Å²) in [6.45, 7) is 4.64. The molecule has 1 heterocycles. The fourth-order valence-electron chi connectivity index (χ4n) is 7.16. The molecule has 1 aromatic heterocycles. The molecule has 2 saturated carbocycles. The molecule has 3 atom stereocenters. The van der Waals surface area contributed by atoms with Crippen molar-refractivity contribution in [2.24, 2.45) is 11.3 Å². The maximum Gasteiger partial charge on any atom is 0.307 e. The highest BCUT2D eigenvalue weighted by atomic mass is 19.1. The summed E-state index contributed by atoms with van der Waals surface area (Å²) in [5.74, 6) is -1.52. The van der Waals surface area contributed by atoms with E-state index < -0.39 is 28.9 Å². The van der Waals surface area contributed by atoms with Crippen molar-refractivity contribution in [3.63, 3.8) is 0 Å². The number of carbonyl (C=O) groups is 1. The fourth-order valence-corrected chi connectivity index (χ4v) is 7.16. The second kappa shape index (κ2) is 9.32. The van der Waals surface area contributed by atoms with Crippen molar-refractivity contribution in [2.75, 3.05) is 7.11 Å². The lowest BCUT2D eigenvalue weighted by atomic mass is 9.75. The topological polar surface area (TPSA) is 68.7 Å². The molecule has 7 heteroatoms. The van der Waals surface area contributed by atoms with Gasteiger partial charge in [0.1, 0.15) is 12.4 Å². The molecule has 0 saturated heterocycles. The number of carboxylic acids is 1. The molecule has 204 valence electrons. The van der Waals surface area contributed by atoms with Gasteiger partial charge >= 0.3 is 5.97 Å². The van der Waals surface area contributed by atoms with Crippen molar-refractivity contribution in [1.82, 2.24) is 4.98 Å². The van der Waals surface area contributed by atoms with Crippen molar-refractivity contribution < 1.29 is 28.2 Å². The summed E-state index contributed by atoms with van der Waals surface area (Å²) >= 11 is 0. The fraction of sp³-hybridized carbons (Fsp3) is 0.438. The van der Waals surface area contributed by atoms with Crippen LogP contribution in [0.4, 0.5) is 8.78 Å². The number of aliphatic carboxylic acids is 1. The van der Waals surface area contributed by atoms with Crippen LogP contribution in [0.3, 0.4) is 0 Å².